The molecule has 3 nitrogen and oxygen atoms in total. The van der Waals surface area contributed by atoms with Crippen molar-refractivity contribution in [3.63, 3.8) is 0 Å². The minimum absolute atomic E-state index is 0.369. The Morgan fingerprint density at radius 2 is 2.20 bits per heavy atom. The van der Waals surface area contributed by atoms with Crippen LogP contribution in [0.3, 0.4) is 0 Å². The number of nitrogens with zero attached hydrogens (tertiary/aromatic N) is 1. The van der Waals surface area contributed by atoms with Crippen LogP contribution in [0.5, 0.6) is 0 Å². The van der Waals surface area contributed by atoms with Gasteiger partial charge in [-0.3, -0.25) is 4.99 Å². The van der Waals surface area contributed by atoms with Gasteiger partial charge < -0.3 is 4.74 Å². The zero-order valence-electron chi connectivity index (χ0n) is 9.58. The molecule has 0 aromatic heterocycles. The van der Waals surface area contributed by atoms with Crippen molar-refractivity contribution in [2.75, 3.05) is 13.2 Å². The van der Waals surface area contributed by atoms with E-state index in [1.165, 1.54) is 25.3 Å². The molecule has 0 heterocycles. The Bertz CT molecular complexity index is 200. The highest BCUT2D eigenvalue weighted by Gasteiger charge is 1.92. The number of carbonyl (C=O) groups excluding carboxylic acids is 1. The van der Waals surface area contributed by atoms with Crippen LogP contribution < -0.4 is 0 Å². The van der Waals surface area contributed by atoms with Crippen molar-refractivity contribution < 1.29 is 9.53 Å². The number of rotatable bonds is 9. The molecule has 0 aliphatic rings. The predicted molar refractivity (Wildman–Crippen MR) is 63.3 cm³/mol. The van der Waals surface area contributed by atoms with Gasteiger partial charge >= 0.3 is 5.97 Å². The lowest BCUT2D eigenvalue weighted by atomic mass is 10.2. The van der Waals surface area contributed by atoms with E-state index in [0.717, 1.165) is 13.0 Å². The van der Waals surface area contributed by atoms with Gasteiger partial charge in [-0.15, -0.1) is 0 Å². The summed E-state index contributed by atoms with van der Waals surface area (Å²) >= 11 is 0. The molecule has 0 saturated heterocycles. The molecule has 0 N–H and O–H groups in total. The summed E-state index contributed by atoms with van der Waals surface area (Å²) in [5, 5.41) is 0. The average molecular weight is 211 g/mol. The monoisotopic (exact) mass is 211 g/mol. The van der Waals surface area contributed by atoms with Gasteiger partial charge in [0.2, 0.25) is 0 Å². The first-order valence-electron chi connectivity index (χ1n) is 5.58. The first kappa shape index (κ1) is 13.9. The normalized spacial score (nSPS) is 10.5. The predicted octanol–water partition coefficient (Wildman–Crippen LogP) is 2.76. The molecule has 0 bridgehead atoms. The number of aliphatic imine (C=N–C) groups is 1. The van der Waals surface area contributed by atoms with Crippen LogP contribution in [0.15, 0.2) is 17.6 Å². The quantitative estimate of drug-likeness (QED) is 0.254. The number of hydrogen-bond donors (Lipinski definition) is 0. The molecule has 0 fully saturated rings. The van der Waals surface area contributed by atoms with Crippen LogP contribution in [-0.2, 0) is 9.53 Å². The maximum atomic E-state index is 10.6. The second-order valence-electron chi connectivity index (χ2n) is 3.31. The fourth-order valence-corrected chi connectivity index (χ4v) is 1.08. The van der Waals surface area contributed by atoms with E-state index in [-0.39, 0.29) is 5.97 Å². The summed E-state index contributed by atoms with van der Waals surface area (Å²) in [5.41, 5.74) is 0. The van der Waals surface area contributed by atoms with Gasteiger partial charge in [0.25, 0.3) is 0 Å². The summed E-state index contributed by atoms with van der Waals surface area (Å²) in [5.74, 6) is -0.369. The number of ether oxygens (including phenoxy) is 1. The minimum atomic E-state index is -0.369. The number of esters is 1. The largest absolute Gasteiger partial charge is 0.462 e. The topological polar surface area (TPSA) is 38.7 Å². The van der Waals surface area contributed by atoms with Crippen LogP contribution in [0.2, 0.25) is 0 Å². The van der Waals surface area contributed by atoms with Gasteiger partial charge in [0.05, 0.1) is 6.61 Å². The highest BCUT2D eigenvalue weighted by Crippen LogP contribution is 1.98. The Labute approximate surface area is 92.2 Å². The molecule has 0 aromatic rings. The zero-order chi connectivity index (χ0) is 11.4. The van der Waals surface area contributed by atoms with E-state index >= 15 is 0 Å². The Morgan fingerprint density at radius 1 is 1.40 bits per heavy atom. The molecule has 0 aliphatic carbocycles. The smallest absolute Gasteiger partial charge is 0.330 e. The van der Waals surface area contributed by atoms with E-state index in [1.54, 1.807) is 0 Å². The SMILES string of the molecule is C=CC(=O)OCCC=NCCCCCC. The highest BCUT2D eigenvalue weighted by atomic mass is 16.5. The van der Waals surface area contributed by atoms with E-state index in [9.17, 15) is 4.79 Å². The van der Waals surface area contributed by atoms with Gasteiger partial charge in [-0.2, -0.15) is 0 Å². The summed E-state index contributed by atoms with van der Waals surface area (Å²) in [6.45, 7) is 6.78. The summed E-state index contributed by atoms with van der Waals surface area (Å²) in [6.07, 6.45) is 8.61. The van der Waals surface area contributed by atoms with Crippen LogP contribution in [0.4, 0.5) is 0 Å². The Balaban J connectivity index is 3.17. The van der Waals surface area contributed by atoms with E-state index in [2.05, 4.69) is 18.5 Å². The molecule has 0 atom stereocenters. The standard InChI is InChI=1S/C12H21NO2/c1-3-5-6-7-9-13-10-8-11-15-12(14)4-2/h4,10H,2-3,5-9,11H2,1H3. The molecular weight excluding hydrogens is 190 g/mol. The van der Waals surface area contributed by atoms with Crippen molar-refractivity contribution in [2.45, 2.75) is 39.0 Å². The van der Waals surface area contributed by atoms with E-state index < -0.39 is 0 Å². The Kier molecular flexibility index (Phi) is 10.1. The van der Waals surface area contributed by atoms with Crippen molar-refractivity contribution in [3.8, 4) is 0 Å². The molecule has 3 heteroatoms. The van der Waals surface area contributed by atoms with E-state index in [4.69, 9.17) is 4.74 Å². The minimum Gasteiger partial charge on any atom is -0.462 e. The number of unbranched alkanes of at least 4 members (excludes halogenated alkanes) is 3. The molecule has 86 valence electrons. The maximum absolute atomic E-state index is 10.6. The van der Waals surface area contributed by atoms with Crippen LogP contribution >= 0.6 is 0 Å². The van der Waals surface area contributed by atoms with E-state index in [1.807, 2.05) is 6.21 Å². The first-order valence-corrected chi connectivity index (χ1v) is 5.58. The summed E-state index contributed by atoms with van der Waals surface area (Å²) in [7, 11) is 0. The average Bonchev–Trinajstić information content (AvgIpc) is 2.26. The van der Waals surface area contributed by atoms with Crippen molar-refractivity contribution in [1.29, 1.82) is 0 Å². The van der Waals surface area contributed by atoms with Gasteiger partial charge in [0.15, 0.2) is 0 Å². The summed E-state index contributed by atoms with van der Waals surface area (Å²) in [6, 6.07) is 0. The molecular formula is C12H21NO2. The highest BCUT2D eigenvalue weighted by molar-refractivity contribution is 5.81. The third-order valence-corrected chi connectivity index (χ3v) is 1.93. The fraction of sp³-hybridized carbons (Fsp3) is 0.667. The van der Waals surface area contributed by atoms with Crippen LogP contribution in [-0.4, -0.2) is 25.3 Å². The molecule has 0 spiro atoms. The van der Waals surface area contributed by atoms with Crippen molar-refractivity contribution >= 4 is 12.2 Å². The summed E-state index contributed by atoms with van der Waals surface area (Å²) in [4.78, 5) is 14.9. The maximum Gasteiger partial charge on any atom is 0.330 e. The van der Waals surface area contributed by atoms with Crippen LogP contribution in [0, 0.1) is 0 Å². The summed E-state index contributed by atoms with van der Waals surface area (Å²) < 4.78 is 4.79. The fourth-order valence-electron chi connectivity index (χ4n) is 1.08. The molecule has 0 unspecified atom stereocenters. The van der Waals surface area contributed by atoms with Crippen LogP contribution in [0.1, 0.15) is 39.0 Å². The lowest BCUT2D eigenvalue weighted by molar-refractivity contribution is -0.137. The lowest BCUT2D eigenvalue weighted by Crippen LogP contribution is -2.02. The first-order chi connectivity index (χ1) is 7.31. The molecule has 0 amide bonds. The van der Waals surface area contributed by atoms with Crippen molar-refractivity contribution in [3.05, 3.63) is 12.7 Å². The van der Waals surface area contributed by atoms with Gasteiger partial charge in [-0.25, -0.2) is 4.79 Å². The zero-order valence-corrected chi connectivity index (χ0v) is 9.58. The second kappa shape index (κ2) is 11.0. The molecule has 0 aromatic carbocycles. The van der Waals surface area contributed by atoms with Gasteiger partial charge in [-0.1, -0.05) is 32.8 Å². The van der Waals surface area contributed by atoms with Crippen LogP contribution in [0.25, 0.3) is 0 Å². The molecule has 0 saturated carbocycles. The lowest BCUT2D eigenvalue weighted by Gasteiger charge is -1.97. The third kappa shape index (κ3) is 10.8. The second-order valence-corrected chi connectivity index (χ2v) is 3.31. The Morgan fingerprint density at radius 3 is 2.87 bits per heavy atom. The van der Waals surface area contributed by atoms with Crippen molar-refractivity contribution in [2.24, 2.45) is 4.99 Å². The van der Waals surface area contributed by atoms with Crippen molar-refractivity contribution in [1.82, 2.24) is 0 Å². The molecule has 0 aliphatic heterocycles. The van der Waals surface area contributed by atoms with E-state index in [0.29, 0.717) is 13.0 Å². The third-order valence-electron chi connectivity index (χ3n) is 1.93. The Hall–Kier alpha value is -1.12. The van der Waals surface area contributed by atoms with Gasteiger partial charge in [-0.05, 0) is 6.42 Å². The van der Waals surface area contributed by atoms with Gasteiger partial charge in [0, 0.05) is 25.3 Å². The number of carbonyl (C=O) groups is 1. The molecule has 0 rings (SSSR count). The number of hydrogen-bond acceptors (Lipinski definition) is 3. The molecule has 15 heavy (non-hydrogen) atoms. The van der Waals surface area contributed by atoms with Gasteiger partial charge in [0.1, 0.15) is 0 Å². The molecule has 0 radical (unpaired) electrons.